The van der Waals surface area contributed by atoms with E-state index >= 15 is 0 Å². The first-order chi connectivity index (χ1) is 13.2. The summed E-state index contributed by atoms with van der Waals surface area (Å²) in [5.41, 5.74) is 6.82. The van der Waals surface area contributed by atoms with Crippen molar-refractivity contribution in [2.75, 3.05) is 11.1 Å². The summed E-state index contributed by atoms with van der Waals surface area (Å²) in [6, 6.07) is 15.6. The largest absolute Gasteiger partial charge is 0.368 e. The lowest BCUT2D eigenvalue weighted by Gasteiger charge is -2.06. The lowest BCUT2D eigenvalue weighted by molar-refractivity contribution is 0.421. The Hall–Kier alpha value is -3.88. The molecule has 134 valence electrons. The van der Waals surface area contributed by atoms with Crippen molar-refractivity contribution < 1.29 is 8.91 Å². The normalized spacial score (nSPS) is 10.7. The summed E-state index contributed by atoms with van der Waals surface area (Å²) in [5, 5.41) is 6.91. The molecule has 2 aromatic carbocycles. The first-order valence-electron chi connectivity index (χ1n) is 8.07. The van der Waals surface area contributed by atoms with E-state index in [0.717, 1.165) is 5.69 Å². The maximum atomic E-state index is 13.8. The Morgan fingerprint density at radius 2 is 1.67 bits per heavy atom. The van der Waals surface area contributed by atoms with Crippen molar-refractivity contribution >= 4 is 17.6 Å². The van der Waals surface area contributed by atoms with Gasteiger partial charge in [0, 0.05) is 5.69 Å². The van der Waals surface area contributed by atoms with Gasteiger partial charge in [0.15, 0.2) is 5.82 Å². The van der Waals surface area contributed by atoms with E-state index in [1.807, 2.05) is 30.3 Å². The number of nitrogens with two attached hydrogens (primary N) is 1. The van der Waals surface area contributed by atoms with Gasteiger partial charge in [0.2, 0.25) is 11.9 Å². The SMILES string of the molecule is Nc1nc(Cc2noc(-c3ccccc3F)n2)nc(Nc2ccccc2)n1. The molecule has 2 heterocycles. The minimum Gasteiger partial charge on any atom is -0.368 e. The maximum absolute atomic E-state index is 13.8. The number of halogens is 1. The Kier molecular flexibility index (Phi) is 4.40. The van der Waals surface area contributed by atoms with Crippen molar-refractivity contribution in [1.29, 1.82) is 0 Å². The van der Waals surface area contributed by atoms with Crippen LogP contribution in [0.5, 0.6) is 0 Å². The molecule has 0 amide bonds. The molecule has 0 unspecified atom stereocenters. The maximum Gasteiger partial charge on any atom is 0.260 e. The van der Waals surface area contributed by atoms with Gasteiger partial charge in [-0.15, -0.1) is 0 Å². The molecule has 0 spiro atoms. The van der Waals surface area contributed by atoms with Crippen LogP contribution >= 0.6 is 0 Å². The van der Waals surface area contributed by atoms with Crippen LogP contribution < -0.4 is 11.1 Å². The Labute approximate surface area is 153 Å². The van der Waals surface area contributed by atoms with Gasteiger partial charge >= 0.3 is 0 Å². The smallest absolute Gasteiger partial charge is 0.260 e. The Morgan fingerprint density at radius 3 is 2.48 bits per heavy atom. The Morgan fingerprint density at radius 1 is 0.889 bits per heavy atom. The minimum atomic E-state index is -0.438. The third kappa shape index (κ3) is 3.87. The number of nitrogens with zero attached hydrogens (tertiary/aromatic N) is 5. The molecule has 9 heteroatoms. The molecule has 3 N–H and O–H groups in total. The topological polar surface area (TPSA) is 116 Å². The lowest BCUT2D eigenvalue weighted by Crippen LogP contribution is -2.08. The van der Waals surface area contributed by atoms with E-state index in [0.29, 0.717) is 17.6 Å². The first-order valence-corrected chi connectivity index (χ1v) is 8.07. The van der Waals surface area contributed by atoms with Gasteiger partial charge in [-0.2, -0.15) is 19.9 Å². The van der Waals surface area contributed by atoms with Crippen molar-refractivity contribution in [2.24, 2.45) is 0 Å². The molecule has 0 aliphatic carbocycles. The second kappa shape index (κ2) is 7.16. The van der Waals surface area contributed by atoms with Crippen LogP contribution in [-0.2, 0) is 6.42 Å². The van der Waals surface area contributed by atoms with Gasteiger partial charge in [-0.1, -0.05) is 35.5 Å². The molecule has 0 radical (unpaired) electrons. The van der Waals surface area contributed by atoms with E-state index in [-0.39, 0.29) is 23.8 Å². The third-order valence-corrected chi connectivity index (χ3v) is 3.62. The molecule has 0 bridgehead atoms. The zero-order valence-corrected chi connectivity index (χ0v) is 14.0. The summed E-state index contributed by atoms with van der Waals surface area (Å²) < 4.78 is 19.0. The van der Waals surface area contributed by atoms with Crippen molar-refractivity contribution in [2.45, 2.75) is 6.42 Å². The van der Waals surface area contributed by atoms with Crippen LogP contribution in [0.1, 0.15) is 11.6 Å². The van der Waals surface area contributed by atoms with Crippen LogP contribution in [0.2, 0.25) is 0 Å². The molecular weight excluding hydrogens is 349 g/mol. The number of anilines is 3. The van der Waals surface area contributed by atoms with E-state index in [4.69, 9.17) is 10.3 Å². The predicted molar refractivity (Wildman–Crippen MR) is 96.5 cm³/mol. The average Bonchev–Trinajstić information content (AvgIpc) is 3.10. The average molecular weight is 363 g/mol. The molecule has 4 aromatic rings. The number of para-hydroxylation sites is 1. The van der Waals surface area contributed by atoms with Gasteiger partial charge in [0.05, 0.1) is 12.0 Å². The van der Waals surface area contributed by atoms with E-state index in [1.54, 1.807) is 18.2 Å². The fraction of sp³-hybridized carbons (Fsp3) is 0.0556. The van der Waals surface area contributed by atoms with Crippen LogP contribution in [0.25, 0.3) is 11.5 Å². The molecule has 27 heavy (non-hydrogen) atoms. The van der Waals surface area contributed by atoms with Gasteiger partial charge in [-0.25, -0.2) is 4.39 Å². The van der Waals surface area contributed by atoms with Crippen molar-refractivity contribution in [1.82, 2.24) is 25.1 Å². The number of benzene rings is 2. The molecule has 2 aromatic heterocycles. The van der Waals surface area contributed by atoms with Crippen LogP contribution in [-0.4, -0.2) is 25.1 Å². The highest BCUT2D eigenvalue weighted by Crippen LogP contribution is 2.21. The summed E-state index contributed by atoms with van der Waals surface area (Å²) >= 11 is 0. The standard InChI is InChI=1S/C18H14FN7O/c19-13-9-5-4-8-12(13)16-22-15(26-27-16)10-14-23-17(20)25-18(24-14)21-11-6-2-1-3-7-11/h1-9H,10H2,(H3,20,21,23,24,25). The number of hydrogen-bond donors (Lipinski definition) is 2. The quantitative estimate of drug-likeness (QED) is 0.556. The second-order valence-corrected chi connectivity index (χ2v) is 5.60. The fourth-order valence-electron chi connectivity index (χ4n) is 2.43. The molecule has 0 atom stereocenters. The molecule has 0 fully saturated rings. The molecule has 0 saturated heterocycles. The second-order valence-electron chi connectivity index (χ2n) is 5.60. The first kappa shape index (κ1) is 16.6. The van der Waals surface area contributed by atoms with E-state index in [1.165, 1.54) is 6.07 Å². The number of aromatic nitrogens is 5. The molecule has 0 saturated carbocycles. The van der Waals surface area contributed by atoms with Gasteiger partial charge in [0.1, 0.15) is 11.6 Å². The third-order valence-electron chi connectivity index (χ3n) is 3.62. The van der Waals surface area contributed by atoms with Gasteiger partial charge in [-0.3, -0.25) is 0 Å². The van der Waals surface area contributed by atoms with E-state index in [2.05, 4.69) is 30.4 Å². The highest BCUT2D eigenvalue weighted by atomic mass is 19.1. The molecule has 0 aliphatic heterocycles. The van der Waals surface area contributed by atoms with Crippen LogP contribution in [0, 0.1) is 5.82 Å². The Balaban J connectivity index is 1.56. The summed E-state index contributed by atoms with van der Waals surface area (Å²) in [6.45, 7) is 0. The number of rotatable bonds is 5. The van der Waals surface area contributed by atoms with Crippen molar-refractivity contribution in [3.63, 3.8) is 0 Å². The molecular formula is C18H14FN7O. The predicted octanol–water partition coefficient (Wildman–Crippen LogP) is 2.98. The van der Waals surface area contributed by atoms with Crippen LogP contribution in [0.15, 0.2) is 59.1 Å². The number of nitrogens with one attached hydrogen (secondary N) is 1. The number of hydrogen-bond acceptors (Lipinski definition) is 8. The summed E-state index contributed by atoms with van der Waals surface area (Å²) in [6.07, 6.45) is 0.161. The minimum absolute atomic E-state index is 0.0660. The van der Waals surface area contributed by atoms with Gasteiger partial charge in [0.25, 0.3) is 5.89 Å². The number of nitrogen functional groups attached to an aromatic ring is 1. The molecule has 0 aliphatic rings. The van der Waals surface area contributed by atoms with E-state index < -0.39 is 5.82 Å². The Bertz CT molecular complexity index is 1070. The zero-order chi connectivity index (χ0) is 18.6. The van der Waals surface area contributed by atoms with Gasteiger partial charge in [-0.05, 0) is 24.3 Å². The lowest BCUT2D eigenvalue weighted by atomic mass is 10.2. The monoisotopic (exact) mass is 363 g/mol. The summed E-state index contributed by atoms with van der Waals surface area (Å²) in [5.74, 6) is 0.698. The highest BCUT2D eigenvalue weighted by molar-refractivity contribution is 5.54. The molecule has 4 rings (SSSR count). The van der Waals surface area contributed by atoms with Crippen LogP contribution in [0.3, 0.4) is 0 Å². The summed E-state index contributed by atoms with van der Waals surface area (Å²) in [7, 11) is 0. The zero-order valence-electron chi connectivity index (χ0n) is 14.0. The summed E-state index contributed by atoms with van der Waals surface area (Å²) in [4.78, 5) is 16.7. The van der Waals surface area contributed by atoms with E-state index in [9.17, 15) is 4.39 Å². The van der Waals surface area contributed by atoms with Crippen molar-refractivity contribution in [3.8, 4) is 11.5 Å². The van der Waals surface area contributed by atoms with Crippen LogP contribution in [0.4, 0.5) is 22.0 Å². The highest BCUT2D eigenvalue weighted by Gasteiger charge is 2.15. The van der Waals surface area contributed by atoms with Crippen molar-refractivity contribution in [3.05, 3.63) is 72.1 Å². The fourth-order valence-corrected chi connectivity index (χ4v) is 2.43. The molecule has 8 nitrogen and oxygen atoms in total. The van der Waals surface area contributed by atoms with Gasteiger partial charge < -0.3 is 15.6 Å².